The molecular formula is C21H30O6. The van der Waals surface area contributed by atoms with Crippen molar-refractivity contribution in [1.82, 2.24) is 0 Å². The van der Waals surface area contributed by atoms with Crippen LogP contribution in [0.5, 0.6) is 0 Å². The summed E-state index contributed by atoms with van der Waals surface area (Å²) in [5, 5.41) is 43.1. The van der Waals surface area contributed by atoms with Crippen LogP contribution < -0.4 is 0 Å². The van der Waals surface area contributed by atoms with Crippen LogP contribution in [0.2, 0.25) is 0 Å². The second kappa shape index (κ2) is 5.96. The Bertz CT molecular complexity index is 824. The molecule has 0 spiro atoms. The summed E-state index contributed by atoms with van der Waals surface area (Å²) in [6.07, 6.45) is -0.644. The predicted octanol–water partition coefficient (Wildman–Crippen LogP) is 0.752. The topological polar surface area (TPSA) is 115 Å². The number of hydrogen-bond acceptors (Lipinski definition) is 6. The highest BCUT2D eigenvalue weighted by molar-refractivity contribution is 5.92. The summed E-state index contributed by atoms with van der Waals surface area (Å²) in [5.41, 5.74) is -3.48. The van der Waals surface area contributed by atoms with Gasteiger partial charge < -0.3 is 20.4 Å². The van der Waals surface area contributed by atoms with E-state index < -0.39 is 47.4 Å². The van der Waals surface area contributed by atoms with E-state index in [2.05, 4.69) is 0 Å². The number of ketones is 2. The molecule has 6 nitrogen and oxygen atoms in total. The lowest BCUT2D eigenvalue weighted by Gasteiger charge is -2.61. The average Bonchev–Trinajstić information content (AvgIpc) is 2.87. The van der Waals surface area contributed by atoms with E-state index in [1.807, 2.05) is 6.92 Å². The molecule has 0 aliphatic heterocycles. The van der Waals surface area contributed by atoms with Crippen LogP contribution in [-0.2, 0) is 9.59 Å². The third-order valence-electron chi connectivity index (χ3n) is 8.36. The number of hydrogen-bond donors (Lipinski definition) is 4. The Morgan fingerprint density at radius 1 is 1.37 bits per heavy atom. The molecule has 0 aromatic rings. The Kier molecular flexibility index (Phi) is 3.49. The number of aliphatic hydroxyl groups excluding tert-OH is 2. The zero-order chi connectivity index (χ0) is 22.4. The quantitative estimate of drug-likeness (QED) is 0.561. The molecule has 0 bridgehead atoms. The van der Waals surface area contributed by atoms with Crippen molar-refractivity contribution in [2.75, 3.05) is 6.56 Å². The summed E-state index contributed by atoms with van der Waals surface area (Å²) in [5.74, 6) is -2.54. The monoisotopic (exact) mass is 381 g/mol. The molecule has 3 saturated carbocycles. The maximum Gasteiger partial charge on any atom is 0.190 e. The van der Waals surface area contributed by atoms with Crippen LogP contribution in [-0.4, -0.2) is 56.4 Å². The van der Waals surface area contributed by atoms with Crippen LogP contribution in [0.3, 0.4) is 0 Å². The molecule has 0 aromatic carbocycles. The first-order chi connectivity index (χ1) is 13.7. The summed E-state index contributed by atoms with van der Waals surface area (Å²) >= 11 is 0. The SMILES string of the molecule is [2H]C1C[C@@]2(C)C(=CC1=O)[C@H](O)C[C@@H]1[C@@H]2[C@@H](O)C[C@@]2(C)[C@H]1CC[C@]2(O)C(=O)C([2H])([2H])O. The van der Waals surface area contributed by atoms with Gasteiger partial charge in [0.05, 0.1) is 14.9 Å². The van der Waals surface area contributed by atoms with Crippen LogP contribution in [0.25, 0.3) is 0 Å². The summed E-state index contributed by atoms with van der Waals surface area (Å²) in [7, 11) is 0. The summed E-state index contributed by atoms with van der Waals surface area (Å²) in [6, 6.07) is 0. The van der Waals surface area contributed by atoms with E-state index >= 15 is 0 Å². The summed E-state index contributed by atoms with van der Waals surface area (Å²) in [6.45, 7) is 0.341. The van der Waals surface area contributed by atoms with Gasteiger partial charge in [-0.25, -0.2) is 0 Å². The molecule has 27 heavy (non-hydrogen) atoms. The summed E-state index contributed by atoms with van der Waals surface area (Å²) < 4.78 is 23.0. The van der Waals surface area contributed by atoms with Crippen molar-refractivity contribution in [1.29, 1.82) is 0 Å². The van der Waals surface area contributed by atoms with Crippen LogP contribution in [0.4, 0.5) is 0 Å². The zero-order valence-corrected chi connectivity index (χ0v) is 15.7. The Hall–Kier alpha value is -1.08. The average molecular weight is 381 g/mol. The highest BCUT2D eigenvalue weighted by Gasteiger charge is 2.68. The van der Waals surface area contributed by atoms with E-state index in [1.54, 1.807) is 6.92 Å². The van der Waals surface area contributed by atoms with E-state index in [0.717, 1.165) is 0 Å². The fourth-order valence-electron chi connectivity index (χ4n) is 7.05. The molecule has 4 N–H and O–H groups in total. The van der Waals surface area contributed by atoms with Gasteiger partial charge in [-0.3, -0.25) is 9.59 Å². The van der Waals surface area contributed by atoms with Crippen molar-refractivity contribution in [3.05, 3.63) is 11.6 Å². The van der Waals surface area contributed by atoms with Crippen molar-refractivity contribution < 1.29 is 34.1 Å². The third kappa shape index (κ3) is 2.33. The van der Waals surface area contributed by atoms with Gasteiger partial charge in [0.15, 0.2) is 11.6 Å². The number of fused-ring (bicyclic) bond motifs is 5. The normalized spacial score (nSPS) is 56.7. The molecule has 0 heterocycles. The number of aliphatic hydroxyl groups is 4. The second-order valence-corrected chi connectivity index (χ2v) is 9.40. The lowest BCUT2D eigenvalue weighted by atomic mass is 9.45. The zero-order valence-electron chi connectivity index (χ0n) is 18.7. The fourth-order valence-corrected chi connectivity index (χ4v) is 7.05. The molecule has 4 rings (SSSR count). The van der Waals surface area contributed by atoms with Gasteiger partial charge in [0.25, 0.3) is 0 Å². The highest BCUT2D eigenvalue weighted by Crippen LogP contribution is 2.67. The second-order valence-electron chi connectivity index (χ2n) is 9.40. The molecule has 6 heteroatoms. The molecule has 150 valence electrons. The standard InChI is InChI=1S/C21H30O6/c1-19-5-3-11(23)7-14(19)15(24)8-12-13-4-6-21(27,17(26)10-22)20(13,2)9-16(25)18(12)19/h7,12-13,15-16,18,22,24-25,27H,3-6,8-10H2,1-2H3/t12-,13-,15+,16-,18+,19-,20-,21-/m0/s1/i3D,10D2/t3?,12-,13-,15+,16-,18+,19-,20-,21-. The van der Waals surface area contributed by atoms with Crippen molar-refractivity contribution >= 4 is 11.6 Å². The molecule has 0 aromatic heterocycles. The largest absolute Gasteiger partial charge is 0.393 e. The first-order valence-corrected chi connectivity index (χ1v) is 9.71. The number of Topliss-reactive ketones (excluding diaryl/α,β-unsaturated/α-hetero) is 1. The Labute approximate surface area is 163 Å². The van der Waals surface area contributed by atoms with Gasteiger partial charge in [0.2, 0.25) is 0 Å². The maximum absolute atomic E-state index is 12.7. The molecule has 9 atom stereocenters. The fraction of sp³-hybridized carbons (Fsp3) is 0.810. The Morgan fingerprint density at radius 2 is 2.07 bits per heavy atom. The van der Waals surface area contributed by atoms with Crippen LogP contribution in [0.15, 0.2) is 11.6 Å². The molecule has 3 fully saturated rings. The molecule has 4 aliphatic rings. The Morgan fingerprint density at radius 3 is 2.74 bits per heavy atom. The lowest BCUT2D eigenvalue weighted by Crippen LogP contribution is -2.63. The van der Waals surface area contributed by atoms with Gasteiger partial charge in [-0.15, -0.1) is 0 Å². The molecule has 0 saturated heterocycles. The Balaban J connectivity index is 1.77. The maximum atomic E-state index is 12.7. The van der Waals surface area contributed by atoms with Crippen molar-refractivity contribution in [2.24, 2.45) is 28.6 Å². The number of carbonyl (C=O) groups excluding carboxylic acids is 2. The molecular weight excluding hydrogens is 348 g/mol. The van der Waals surface area contributed by atoms with E-state index in [9.17, 15) is 30.0 Å². The van der Waals surface area contributed by atoms with E-state index in [-0.39, 0.29) is 49.2 Å². The molecule has 0 radical (unpaired) electrons. The van der Waals surface area contributed by atoms with Gasteiger partial charge >= 0.3 is 0 Å². The van der Waals surface area contributed by atoms with Gasteiger partial charge in [-0.2, -0.15) is 0 Å². The first-order valence-electron chi connectivity index (χ1n) is 11.3. The molecule has 1 unspecified atom stereocenters. The van der Waals surface area contributed by atoms with E-state index in [0.29, 0.717) is 12.0 Å². The molecule has 0 amide bonds. The minimum atomic E-state index is -3.19. The number of rotatable bonds is 2. The predicted molar refractivity (Wildman–Crippen MR) is 96.5 cm³/mol. The molecule has 4 aliphatic carbocycles. The van der Waals surface area contributed by atoms with Crippen molar-refractivity contribution in [3.63, 3.8) is 0 Å². The van der Waals surface area contributed by atoms with Crippen molar-refractivity contribution in [2.45, 2.75) is 70.2 Å². The van der Waals surface area contributed by atoms with Crippen molar-refractivity contribution in [3.8, 4) is 0 Å². The minimum Gasteiger partial charge on any atom is -0.393 e. The van der Waals surface area contributed by atoms with Gasteiger partial charge in [-0.1, -0.05) is 13.8 Å². The smallest absolute Gasteiger partial charge is 0.190 e. The van der Waals surface area contributed by atoms with Crippen LogP contribution in [0, 0.1) is 28.6 Å². The lowest BCUT2D eigenvalue weighted by molar-refractivity contribution is -0.187. The third-order valence-corrected chi connectivity index (χ3v) is 8.36. The van der Waals surface area contributed by atoms with E-state index in [1.165, 1.54) is 6.08 Å². The minimum absolute atomic E-state index is 0.0297. The highest BCUT2D eigenvalue weighted by atomic mass is 16.3. The first kappa shape index (κ1) is 15.8. The van der Waals surface area contributed by atoms with Gasteiger partial charge in [0.1, 0.15) is 12.2 Å². The summed E-state index contributed by atoms with van der Waals surface area (Å²) in [4.78, 5) is 24.8. The van der Waals surface area contributed by atoms with Crippen LogP contribution in [0.1, 0.15) is 56.5 Å². The number of carbonyl (C=O) groups is 2. The van der Waals surface area contributed by atoms with Gasteiger partial charge in [0, 0.05) is 13.2 Å². The van der Waals surface area contributed by atoms with Crippen LogP contribution >= 0.6 is 0 Å². The van der Waals surface area contributed by atoms with Gasteiger partial charge in [-0.05, 0) is 66.9 Å². The van der Waals surface area contributed by atoms with E-state index in [4.69, 9.17) is 4.11 Å².